The highest BCUT2D eigenvalue weighted by molar-refractivity contribution is 5.92. The molecule has 0 spiro atoms. The van der Waals surface area contributed by atoms with Crippen LogP contribution >= 0.6 is 0 Å². The van der Waals surface area contributed by atoms with E-state index in [0.717, 1.165) is 33.4 Å². The fourth-order valence-electron chi connectivity index (χ4n) is 3.15. The zero-order chi connectivity index (χ0) is 19.0. The number of hydrogen-bond donors (Lipinski definition) is 1. The number of aryl methyl sites for hydroxylation is 1. The highest BCUT2D eigenvalue weighted by Gasteiger charge is 2.10. The smallest absolute Gasteiger partial charge is 0.335 e. The number of carbonyl (C=O) groups is 1. The molecule has 3 aromatic carbocycles. The molecule has 0 aliphatic heterocycles. The van der Waals surface area contributed by atoms with Crippen molar-refractivity contribution in [2.24, 2.45) is 0 Å². The third kappa shape index (κ3) is 2.94. The van der Waals surface area contributed by atoms with Crippen LogP contribution in [-0.2, 0) is 0 Å². The normalized spacial score (nSPS) is 10.7. The highest BCUT2D eigenvalue weighted by Crippen LogP contribution is 2.26. The molecule has 0 atom stereocenters. The number of rotatable bonds is 3. The largest absolute Gasteiger partial charge is 0.478 e. The predicted molar refractivity (Wildman–Crippen MR) is 103 cm³/mol. The van der Waals surface area contributed by atoms with Crippen LogP contribution < -0.4 is 0 Å². The van der Waals surface area contributed by atoms with E-state index in [-0.39, 0.29) is 5.56 Å². The number of fused-ring (bicyclic) bond motifs is 1. The molecule has 1 N–H and O–H groups in total. The van der Waals surface area contributed by atoms with Crippen LogP contribution in [0.25, 0.3) is 27.8 Å². The summed E-state index contributed by atoms with van der Waals surface area (Å²) in [4.78, 5) is 15.7. The van der Waals surface area contributed by atoms with E-state index >= 15 is 0 Å². The summed E-state index contributed by atoms with van der Waals surface area (Å²) >= 11 is 0. The van der Waals surface area contributed by atoms with Gasteiger partial charge in [0.25, 0.3) is 0 Å². The van der Waals surface area contributed by atoms with E-state index < -0.39 is 5.97 Å². The van der Waals surface area contributed by atoms with Gasteiger partial charge in [-0.15, -0.1) is 0 Å². The van der Waals surface area contributed by atoms with Gasteiger partial charge in [-0.3, -0.25) is 4.57 Å². The molecule has 5 heteroatoms. The Balaban J connectivity index is 1.82. The predicted octanol–water partition coefficient (Wildman–Crippen LogP) is 4.57. The number of hydrogen-bond acceptors (Lipinski definition) is 3. The Kier molecular flexibility index (Phi) is 3.94. The summed E-state index contributed by atoms with van der Waals surface area (Å²) in [6.45, 7) is 1.92. The third-order valence-corrected chi connectivity index (χ3v) is 4.60. The summed E-state index contributed by atoms with van der Waals surface area (Å²) < 4.78 is 1.88. The van der Waals surface area contributed by atoms with Crippen LogP contribution in [-0.4, -0.2) is 20.6 Å². The summed E-state index contributed by atoms with van der Waals surface area (Å²) in [7, 11) is 0. The lowest BCUT2D eigenvalue weighted by Gasteiger charge is -2.09. The SMILES string of the molecule is Cc1cc(-c2cccc(-n3cnc4ccc(C(=O)O)cc43)c2)ccc1C#N. The van der Waals surface area contributed by atoms with E-state index in [1.54, 1.807) is 24.5 Å². The number of nitrogens with zero attached hydrogens (tertiary/aromatic N) is 3. The highest BCUT2D eigenvalue weighted by atomic mass is 16.4. The van der Waals surface area contributed by atoms with Gasteiger partial charge in [-0.25, -0.2) is 9.78 Å². The van der Waals surface area contributed by atoms with Crippen molar-refractivity contribution in [3.63, 3.8) is 0 Å². The van der Waals surface area contributed by atoms with Crippen LogP contribution in [0.4, 0.5) is 0 Å². The van der Waals surface area contributed by atoms with E-state index in [1.807, 2.05) is 54.0 Å². The van der Waals surface area contributed by atoms with Crippen LogP contribution in [0.5, 0.6) is 0 Å². The van der Waals surface area contributed by atoms with Gasteiger partial charge in [-0.1, -0.05) is 24.3 Å². The maximum atomic E-state index is 11.3. The topological polar surface area (TPSA) is 78.9 Å². The maximum absolute atomic E-state index is 11.3. The van der Waals surface area contributed by atoms with Crippen molar-refractivity contribution in [1.82, 2.24) is 9.55 Å². The van der Waals surface area contributed by atoms with Crippen LogP contribution in [0.2, 0.25) is 0 Å². The van der Waals surface area contributed by atoms with Gasteiger partial charge in [-0.05, 0) is 60.0 Å². The number of aromatic nitrogens is 2. The zero-order valence-electron chi connectivity index (χ0n) is 14.5. The molecule has 0 aliphatic rings. The molecule has 5 nitrogen and oxygen atoms in total. The monoisotopic (exact) mass is 353 g/mol. The van der Waals surface area contributed by atoms with Crippen molar-refractivity contribution in [3.8, 4) is 22.9 Å². The first-order valence-corrected chi connectivity index (χ1v) is 8.39. The van der Waals surface area contributed by atoms with Gasteiger partial charge in [0.2, 0.25) is 0 Å². The first kappa shape index (κ1) is 16.6. The molecule has 0 radical (unpaired) electrons. The lowest BCUT2D eigenvalue weighted by Crippen LogP contribution is -1.97. The van der Waals surface area contributed by atoms with E-state index in [2.05, 4.69) is 11.1 Å². The van der Waals surface area contributed by atoms with Crippen molar-refractivity contribution >= 4 is 17.0 Å². The van der Waals surface area contributed by atoms with Crippen molar-refractivity contribution in [3.05, 3.63) is 83.7 Å². The van der Waals surface area contributed by atoms with Crippen molar-refractivity contribution in [2.75, 3.05) is 0 Å². The first-order chi connectivity index (χ1) is 13.1. The third-order valence-electron chi connectivity index (χ3n) is 4.60. The van der Waals surface area contributed by atoms with Gasteiger partial charge < -0.3 is 5.11 Å². The molecule has 0 unspecified atom stereocenters. The van der Waals surface area contributed by atoms with E-state index in [9.17, 15) is 9.90 Å². The molecule has 1 aromatic heterocycles. The second-order valence-corrected chi connectivity index (χ2v) is 6.32. The number of aromatic carboxylic acids is 1. The van der Waals surface area contributed by atoms with E-state index in [4.69, 9.17) is 5.26 Å². The van der Waals surface area contributed by atoms with Crippen LogP contribution in [0, 0.1) is 18.3 Å². The molecule has 130 valence electrons. The molecule has 1 heterocycles. The van der Waals surface area contributed by atoms with Gasteiger partial charge in [-0.2, -0.15) is 5.26 Å². The molecule has 27 heavy (non-hydrogen) atoms. The molecule has 0 aliphatic carbocycles. The second-order valence-electron chi connectivity index (χ2n) is 6.32. The Morgan fingerprint density at radius 3 is 2.63 bits per heavy atom. The molecule has 0 amide bonds. The van der Waals surface area contributed by atoms with Crippen molar-refractivity contribution in [1.29, 1.82) is 5.26 Å². The summed E-state index contributed by atoms with van der Waals surface area (Å²) in [6.07, 6.45) is 1.69. The zero-order valence-corrected chi connectivity index (χ0v) is 14.5. The lowest BCUT2D eigenvalue weighted by atomic mass is 10.00. The lowest BCUT2D eigenvalue weighted by molar-refractivity contribution is 0.0697. The Morgan fingerprint density at radius 2 is 1.89 bits per heavy atom. The first-order valence-electron chi connectivity index (χ1n) is 8.39. The minimum absolute atomic E-state index is 0.225. The number of nitriles is 1. The van der Waals surface area contributed by atoms with Crippen molar-refractivity contribution < 1.29 is 9.90 Å². The molecule has 4 rings (SSSR count). The molecule has 0 fully saturated rings. The van der Waals surface area contributed by atoms with Crippen LogP contribution in [0.15, 0.2) is 67.0 Å². The fourth-order valence-corrected chi connectivity index (χ4v) is 3.15. The Morgan fingerprint density at radius 1 is 1.07 bits per heavy atom. The van der Waals surface area contributed by atoms with Gasteiger partial charge in [0.1, 0.15) is 6.33 Å². The summed E-state index contributed by atoms with van der Waals surface area (Å²) in [5, 5.41) is 18.4. The van der Waals surface area contributed by atoms with Gasteiger partial charge in [0.15, 0.2) is 0 Å². The van der Waals surface area contributed by atoms with Crippen LogP contribution in [0.3, 0.4) is 0 Å². The quantitative estimate of drug-likeness (QED) is 0.585. The number of imidazole rings is 1. The summed E-state index contributed by atoms with van der Waals surface area (Å²) in [5.41, 5.74) is 6.21. The van der Waals surface area contributed by atoms with Crippen LogP contribution in [0.1, 0.15) is 21.5 Å². The van der Waals surface area contributed by atoms with Gasteiger partial charge in [0.05, 0.1) is 28.2 Å². The molecular weight excluding hydrogens is 338 g/mol. The van der Waals surface area contributed by atoms with Gasteiger partial charge >= 0.3 is 5.97 Å². The fraction of sp³-hybridized carbons (Fsp3) is 0.0455. The Bertz CT molecular complexity index is 1230. The summed E-state index contributed by atoms with van der Waals surface area (Å²) in [5.74, 6) is -0.966. The van der Waals surface area contributed by atoms with E-state index in [1.165, 1.54) is 0 Å². The molecule has 0 saturated heterocycles. The van der Waals surface area contributed by atoms with Gasteiger partial charge in [0, 0.05) is 5.69 Å². The molecule has 0 bridgehead atoms. The second kappa shape index (κ2) is 6.43. The average Bonchev–Trinajstić information content (AvgIpc) is 3.11. The maximum Gasteiger partial charge on any atom is 0.335 e. The Hall–Kier alpha value is -3.91. The number of carboxylic acids is 1. The number of benzene rings is 3. The van der Waals surface area contributed by atoms with E-state index in [0.29, 0.717) is 5.56 Å². The number of carboxylic acid groups (broad SMARTS) is 1. The average molecular weight is 353 g/mol. The Labute approximate surface area is 155 Å². The minimum atomic E-state index is -0.966. The molecule has 4 aromatic rings. The summed E-state index contributed by atoms with van der Waals surface area (Å²) in [6, 6.07) is 20.8. The molecule has 0 saturated carbocycles. The van der Waals surface area contributed by atoms with Crippen molar-refractivity contribution in [2.45, 2.75) is 6.92 Å². The standard InChI is InChI=1S/C22H15N3O2/c1-14-9-16(5-6-18(14)12-23)15-3-2-4-19(10-15)25-13-24-20-8-7-17(22(26)27)11-21(20)25/h2-11,13H,1H3,(H,26,27). The molecular formula is C22H15N3O2. The minimum Gasteiger partial charge on any atom is -0.478 e.